The van der Waals surface area contributed by atoms with Crippen molar-refractivity contribution in [2.45, 2.75) is 126 Å². The lowest BCUT2D eigenvalue weighted by Gasteiger charge is -2.25. The van der Waals surface area contributed by atoms with Crippen molar-refractivity contribution >= 4 is 24.4 Å². The Kier molecular flexibility index (Phi) is 12.1. The van der Waals surface area contributed by atoms with E-state index in [2.05, 4.69) is 0 Å². The van der Waals surface area contributed by atoms with Crippen molar-refractivity contribution in [3.05, 3.63) is 12.1 Å². The van der Waals surface area contributed by atoms with E-state index in [9.17, 15) is 19.2 Å². The predicted molar refractivity (Wildman–Crippen MR) is 151 cm³/mol. The van der Waals surface area contributed by atoms with Crippen LogP contribution in [0.2, 0.25) is 0 Å². The van der Waals surface area contributed by atoms with E-state index in [1.807, 2.05) is 27.7 Å². The number of ether oxygens (including phenoxy) is 7. The summed E-state index contributed by atoms with van der Waals surface area (Å²) in [5.41, 5.74) is -3.52. The van der Waals surface area contributed by atoms with Crippen LogP contribution in [0, 0.1) is 5.41 Å². The van der Waals surface area contributed by atoms with Crippen LogP contribution in [-0.2, 0) is 19.0 Å². The fourth-order valence-corrected chi connectivity index (χ4v) is 2.47. The molecule has 0 heterocycles. The third-order valence-corrected chi connectivity index (χ3v) is 6.85. The molecule has 0 atom stereocenters. The average Bonchev–Trinajstić information content (AvgIpc) is 2.84. The van der Waals surface area contributed by atoms with Gasteiger partial charge in [0, 0.05) is 12.1 Å². The van der Waals surface area contributed by atoms with E-state index in [-0.39, 0.29) is 5.75 Å². The van der Waals surface area contributed by atoms with E-state index in [0.717, 1.165) is 12.1 Å². The second-order valence-electron chi connectivity index (χ2n) is 12.1. The number of rotatable bonds is 12. The Morgan fingerprint density at radius 3 is 1.20 bits per heavy atom. The minimum absolute atomic E-state index is 0.152. The summed E-state index contributed by atoms with van der Waals surface area (Å²) in [6, 6.07) is 2.29. The fourth-order valence-electron chi connectivity index (χ4n) is 2.47. The standard InChI is InChI=1S/C30H46O11/c1-13-27(5,6)23(31)35-19-17-20(36-24(32)39-28(7,8)14-2)22(38-26(34)41-30(11,12)16-4)21(18-19)37-25(33)40-29(9,10)15-3/h17-18H,13-16H2,1-12H3. The van der Waals surface area contributed by atoms with Gasteiger partial charge in [-0.1, -0.05) is 27.7 Å². The fraction of sp³-hybridized carbons (Fsp3) is 0.667. The van der Waals surface area contributed by atoms with E-state index in [4.69, 9.17) is 33.2 Å². The first-order valence-electron chi connectivity index (χ1n) is 13.8. The van der Waals surface area contributed by atoms with Gasteiger partial charge in [0.1, 0.15) is 22.6 Å². The van der Waals surface area contributed by atoms with Crippen molar-refractivity contribution in [2.24, 2.45) is 5.41 Å². The summed E-state index contributed by atoms with van der Waals surface area (Å²) in [5.74, 6) is -2.09. The van der Waals surface area contributed by atoms with Crippen LogP contribution in [0.3, 0.4) is 0 Å². The minimum atomic E-state index is -1.16. The molecule has 0 saturated heterocycles. The van der Waals surface area contributed by atoms with Crippen LogP contribution in [0.4, 0.5) is 14.4 Å². The molecule has 0 aliphatic rings. The lowest BCUT2D eigenvalue weighted by Crippen LogP contribution is -2.31. The third kappa shape index (κ3) is 11.5. The average molecular weight is 583 g/mol. The van der Waals surface area contributed by atoms with Crippen molar-refractivity contribution in [2.75, 3.05) is 0 Å². The molecule has 232 valence electrons. The van der Waals surface area contributed by atoms with E-state index >= 15 is 0 Å². The zero-order chi connectivity index (χ0) is 31.8. The maximum atomic E-state index is 12.8. The zero-order valence-corrected chi connectivity index (χ0v) is 26.5. The molecule has 11 nitrogen and oxygen atoms in total. The summed E-state index contributed by atoms with van der Waals surface area (Å²) in [7, 11) is 0. The first-order valence-corrected chi connectivity index (χ1v) is 13.8. The lowest BCUT2D eigenvalue weighted by molar-refractivity contribution is -0.144. The molecule has 0 aliphatic heterocycles. The lowest BCUT2D eigenvalue weighted by atomic mass is 9.91. The van der Waals surface area contributed by atoms with Gasteiger partial charge in [0.2, 0.25) is 5.75 Å². The van der Waals surface area contributed by atoms with Gasteiger partial charge in [-0.2, -0.15) is 0 Å². The number of esters is 1. The van der Waals surface area contributed by atoms with Crippen molar-refractivity contribution < 1.29 is 52.3 Å². The maximum Gasteiger partial charge on any atom is 0.514 e. The minimum Gasteiger partial charge on any atom is -0.428 e. The van der Waals surface area contributed by atoms with Gasteiger partial charge in [0.15, 0.2) is 11.5 Å². The van der Waals surface area contributed by atoms with Crippen molar-refractivity contribution in [3.8, 4) is 23.0 Å². The van der Waals surface area contributed by atoms with Gasteiger partial charge in [0.25, 0.3) is 0 Å². The molecular weight excluding hydrogens is 536 g/mol. The third-order valence-electron chi connectivity index (χ3n) is 6.85. The molecule has 0 saturated carbocycles. The molecule has 1 rings (SSSR count). The highest BCUT2D eigenvalue weighted by atomic mass is 16.8. The van der Waals surface area contributed by atoms with Gasteiger partial charge in [0.05, 0.1) is 5.41 Å². The van der Waals surface area contributed by atoms with E-state index < -0.39 is 63.9 Å². The molecule has 11 heteroatoms. The maximum absolute atomic E-state index is 12.8. The van der Waals surface area contributed by atoms with Crippen molar-refractivity contribution in [1.29, 1.82) is 0 Å². The van der Waals surface area contributed by atoms with Crippen molar-refractivity contribution in [1.82, 2.24) is 0 Å². The second kappa shape index (κ2) is 13.9. The topological polar surface area (TPSA) is 133 Å². The van der Waals surface area contributed by atoms with Crippen LogP contribution < -0.4 is 18.9 Å². The smallest absolute Gasteiger partial charge is 0.428 e. The molecule has 0 aliphatic carbocycles. The number of benzene rings is 1. The number of hydrogen-bond acceptors (Lipinski definition) is 11. The van der Waals surface area contributed by atoms with Crippen LogP contribution in [0.25, 0.3) is 0 Å². The number of hydrogen-bond donors (Lipinski definition) is 0. The Bertz CT molecular complexity index is 1050. The highest BCUT2D eigenvalue weighted by Crippen LogP contribution is 2.43. The first kappa shape index (κ1) is 35.5. The van der Waals surface area contributed by atoms with Gasteiger partial charge < -0.3 is 33.2 Å². The summed E-state index contributed by atoms with van der Waals surface area (Å²) in [6.07, 6.45) is -1.55. The summed E-state index contributed by atoms with van der Waals surface area (Å²) in [5, 5.41) is 0. The molecule has 0 radical (unpaired) electrons. The molecule has 0 N–H and O–H groups in total. The van der Waals surface area contributed by atoms with Crippen LogP contribution in [-0.4, -0.2) is 41.2 Å². The monoisotopic (exact) mass is 582 g/mol. The SMILES string of the molecule is CCC(C)(C)OC(=O)Oc1cc(OC(=O)C(C)(C)CC)cc(OC(=O)OC(C)(C)CC)c1OC(=O)OC(C)(C)CC. The largest absolute Gasteiger partial charge is 0.514 e. The van der Waals surface area contributed by atoms with Gasteiger partial charge >= 0.3 is 24.4 Å². The van der Waals surface area contributed by atoms with Crippen LogP contribution in [0.15, 0.2) is 12.1 Å². The highest BCUT2D eigenvalue weighted by Gasteiger charge is 2.33. The Labute approximate surface area is 243 Å². The normalized spacial score (nSPS) is 12.2. The summed E-state index contributed by atoms with van der Waals surface area (Å²) < 4.78 is 37.9. The molecule has 0 aromatic heterocycles. The Morgan fingerprint density at radius 2 is 0.878 bits per heavy atom. The van der Waals surface area contributed by atoms with Gasteiger partial charge in [-0.05, 0) is 81.1 Å². The van der Waals surface area contributed by atoms with E-state index in [0.29, 0.717) is 25.7 Å². The predicted octanol–water partition coefficient (Wildman–Crippen LogP) is 8.14. The molecule has 0 unspecified atom stereocenters. The Hall–Kier alpha value is -3.50. The molecule has 41 heavy (non-hydrogen) atoms. The summed E-state index contributed by atoms with van der Waals surface area (Å²) in [6.45, 7) is 20.7. The van der Waals surface area contributed by atoms with Crippen LogP contribution >= 0.6 is 0 Å². The Balaban J connectivity index is 3.71. The molecular formula is C30H46O11. The van der Waals surface area contributed by atoms with Gasteiger partial charge in [-0.3, -0.25) is 4.79 Å². The zero-order valence-electron chi connectivity index (χ0n) is 26.5. The molecule has 0 spiro atoms. The molecule has 0 bridgehead atoms. The number of carbonyl (C=O) groups is 4. The molecule has 0 amide bonds. The van der Waals surface area contributed by atoms with Crippen LogP contribution in [0.5, 0.6) is 23.0 Å². The second-order valence-corrected chi connectivity index (χ2v) is 12.1. The first-order chi connectivity index (χ1) is 18.7. The van der Waals surface area contributed by atoms with E-state index in [1.165, 1.54) is 0 Å². The highest BCUT2D eigenvalue weighted by molar-refractivity contribution is 5.80. The molecule has 0 fully saturated rings. The summed E-state index contributed by atoms with van der Waals surface area (Å²) in [4.78, 5) is 51.1. The number of carbonyl (C=O) groups excluding carboxylic acids is 4. The molecule has 1 aromatic carbocycles. The van der Waals surface area contributed by atoms with Crippen LogP contribution in [0.1, 0.15) is 109 Å². The van der Waals surface area contributed by atoms with E-state index in [1.54, 1.807) is 55.4 Å². The van der Waals surface area contributed by atoms with Gasteiger partial charge in [-0.15, -0.1) is 0 Å². The molecule has 1 aromatic rings. The van der Waals surface area contributed by atoms with Crippen molar-refractivity contribution in [3.63, 3.8) is 0 Å². The quantitative estimate of drug-likeness (QED) is 0.102. The summed E-state index contributed by atoms with van der Waals surface area (Å²) >= 11 is 0. The van der Waals surface area contributed by atoms with Gasteiger partial charge in [-0.25, -0.2) is 14.4 Å². The Morgan fingerprint density at radius 1 is 0.537 bits per heavy atom.